The van der Waals surface area contributed by atoms with Gasteiger partial charge in [-0.3, -0.25) is 9.59 Å². The van der Waals surface area contributed by atoms with Crippen LogP contribution in [-0.4, -0.2) is 18.3 Å². The summed E-state index contributed by atoms with van der Waals surface area (Å²) in [5, 5.41) is 5.18. The van der Waals surface area contributed by atoms with Crippen molar-refractivity contribution < 1.29 is 35.9 Å². The number of halogens is 1. The van der Waals surface area contributed by atoms with E-state index in [0.717, 1.165) is 29.7 Å². The molecule has 0 unspecified atom stereocenters. The van der Waals surface area contributed by atoms with Gasteiger partial charge in [0.05, 0.1) is 29.7 Å². The van der Waals surface area contributed by atoms with Crippen LogP contribution in [0.3, 0.4) is 0 Å². The average molecular weight is 658 g/mol. The molecule has 0 aliphatic rings. The van der Waals surface area contributed by atoms with Gasteiger partial charge in [0.1, 0.15) is 5.75 Å². The average Bonchev–Trinajstić information content (AvgIpc) is 3.36. The standard InChI is InChI=1S/C35H48N2O3S.BrH/c1-4-5-6-7-8-9-10-11-12-13-14-17-22-40-34-21-20-30(23-32(34)29(3)38)24-35(39)36-33-19-16-15-18-31(33)25-37-27-41-26-28(37)2;/h15-16,18-21,23,26-27H,4-14,17,22,24-25H2,1-3H3;1H. The number of Topliss-reactive ketones (excluding diaryl/α,β-unsaturated/α-hetero) is 1. The number of ketones is 1. The molecular weight excluding hydrogens is 608 g/mol. The van der Waals surface area contributed by atoms with E-state index in [-0.39, 0.29) is 35.1 Å². The van der Waals surface area contributed by atoms with Crippen LogP contribution in [0.25, 0.3) is 0 Å². The molecule has 0 fully saturated rings. The highest BCUT2D eigenvalue weighted by Gasteiger charge is 2.15. The molecule has 0 aliphatic heterocycles. The van der Waals surface area contributed by atoms with E-state index in [1.165, 1.54) is 69.9 Å². The van der Waals surface area contributed by atoms with Crippen LogP contribution in [0, 0.1) is 6.92 Å². The number of benzene rings is 2. The van der Waals surface area contributed by atoms with Gasteiger partial charge in [0.15, 0.2) is 18.0 Å². The van der Waals surface area contributed by atoms with Crippen molar-refractivity contribution >= 4 is 28.7 Å². The number of para-hydroxylation sites is 1. The number of aryl methyl sites for hydroxylation is 1. The summed E-state index contributed by atoms with van der Waals surface area (Å²) in [5.74, 6) is 0.452. The number of unbranched alkanes of at least 4 members (excludes halogenated alkanes) is 11. The molecule has 0 radical (unpaired) electrons. The van der Waals surface area contributed by atoms with Crippen molar-refractivity contribution in [2.24, 2.45) is 0 Å². The van der Waals surface area contributed by atoms with Crippen LogP contribution in [0.2, 0.25) is 0 Å². The van der Waals surface area contributed by atoms with Crippen molar-refractivity contribution in [3.63, 3.8) is 0 Å². The summed E-state index contributed by atoms with van der Waals surface area (Å²) in [6, 6.07) is 13.4. The smallest absolute Gasteiger partial charge is 0.228 e. The quantitative estimate of drug-likeness (QED) is 0.0942. The van der Waals surface area contributed by atoms with Gasteiger partial charge in [-0.2, -0.15) is 4.57 Å². The van der Waals surface area contributed by atoms with Crippen molar-refractivity contribution in [2.45, 2.75) is 111 Å². The third-order valence-corrected chi connectivity index (χ3v) is 8.41. The minimum absolute atomic E-state index is 0. The Balaban J connectivity index is 0.00000616. The molecule has 42 heavy (non-hydrogen) atoms. The molecule has 0 bridgehead atoms. The number of ether oxygens (including phenoxy) is 1. The Kier molecular flexibility index (Phi) is 17.3. The van der Waals surface area contributed by atoms with Crippen LogP contribution in [0.5, 0.6) is 5.75 Å². The van der Waals surface area contributed by atoms with Gasteiger partial charge in [-0.1, -0.05) is 113 Å². The largest absolute Gasteiger partial charge is 1.00 e. The molecular formula is C35H49BrN2O3S. The number of carbonyl (C=O) groups excluding carboxylic acids is 2. The van der Waals surface area contributed by atoms with Gasteiger partial charge in [-0.05, 0) is 37.1 Å². The first-order chi connectivity index (χ1) is 20.0. The van der Waals surface area contributed by atoms with E-state index in [0.29, 0.717) is 24.5 Å². The molecule has 230 valence electrons. The molecule has 0 spiro atoms. The van der Waals surface area contributed by atoms with Crippen molar-refractivity contribution in [2.75, 3.05) is 11.9 Å². The molecule has 0 saturated carbocycles. The topological polar surface area (TPSA) is 59.3 Å². The molecule has 1 aromatic heterocycles. The fraction of sp³-hybridized carbons (Fsp3) is 0.514. The Morgan fingerprint density at radius 1 is 0.881 bits per heavy atom. The summed E-state index contributed by atoms with van der Waals surface area (Å²) in [6.07, 6.45) is 15.8. The second-order valence-corrected chi connectivity index (χ2v) is 11.9. The molecule has 5 nitrogen and oxygen atoms in total. The Morgan fingerprint density at radius 2 is 1.52 bits per heavy atom. The Hall–Kier alpha value is -2.51. The third kappa shape index (κ3) is 12.8. The van der Waals surface area contributed by atoms with Gasteiger partial charge in [0.2, 0.25) is 11.4 Å². The lowest BCUT2D eigenvalue weighted by atomic mass is 10.0. The maximum absolute atomic E-state index is 12.9. The summed E-state index contributed by atoms with van der Waals surface area (Å²) in [6.45, 7) is 7.20. The molecule has 1 amide bonds. The molecule has 3 rings (SSSR count). The van der Waals surface area contributed by atoms with Crippen LogP contribution in [0.15, 0.2) is 53.4 Å². The number of aromatic nitrogens is 1. The van der Waals surface area contributed by atoms with Gasteiger partial charge in [-0.25, -0.2) is 0 Å². The summed E-state index contributed by atoms with van der Waals surface area (Å²) >= 11 is 1.66. The van der Waals surface area contributed by atoms with Gasteiger partial charge >= 0.3 is 0 Å². The van der Waals surface area contributed by atoms with E-state index in [9.17, 15) is 9.59 Å². The van der Waals surface area contributed by atoms with Crippen LogP contribution >= 0.6 is 11.3 Å². The summed E-state index contributed by atoms with van der Waals surface area (Å²) in [4.78, 5) is 25.3. The second kappa shape index (κ2) is 20.4. The molecule has 7 heteroatoms. The van der Waals surface area contributed by atoms with Gasteiger partial charge in [0, 0.05) is 12.5 Å². The van der Waals surface area contributed by atoms with Gasteiger partial charge < -0.3 is 27.0 Å². The zero-order chi connectivity index (χ0) is 29.3. The maximum Gasteiger partial charge on any atom is 0.228 e. The highest BCUT2D eigenvalue weighted by atomic mass is 79.9. The summed E-state index contributed by atoms with van der Waals surface area (Å²) in [5.41, 5.74) is 6.47. The molecule has 0 aliphatic carbocycles. The number of thiazole rings is 1. The molecule has 0 atom stereocenters. The Morgan fingerprint density at radius 3 is 2.14 bits per heavy atom. The van der Waals surface area contributed by atoms with Crippen molar-refractivity contribution in [3.8, 4) is 5.75 Å². The van der Waals surface area contributed by atoms with E-state index >= 15 is 0 Å². The van der Waals surface area contributed by atoms with Crippen LogP contribution in [-0.2, 0) is 17.8 Å². The summed E-state index contributed by atoms with van der Waals surface area (Å²) in [7, 11) is 0. The first-order valence-corrected chi connectivity index (χ1v) is 16.5. The number of carbonyl (C=O) groups is 2. The zero-order valence-corrected chi connectivity index (χ0v) is 28.2. The van der Waals surface area contributed by atoms with Crippen molar-refractivity contribution in [1.82, 2.24) is 0 Å². The molecule has 1 heterocycles. The fourth-order valence-electron chi connectivity index (χ4n) is 5.07. The number of nitrogens with one attached hydrogen (secondary N) is 1. The number of nitrogens with zero attached hydrogens (tertiary/aromatic N) is 1. The van der Waals surface area contributed by atoms with E-state index in [1.807, 2.05) is 36.4 Å². The second-order valence-electron chi connectivity index (χ2n) is 11.1. The normalized spacial score (nSPS) is 10.7. The predicted molar refractivity (Wildman–Crippen MR) is 170 cm³/mol. The van der Waals surface area contributed by atoms with Crippen LogP contribution < -0.4 is 31.6 Å². The lowest BCUT2D eigenvalue weighted by molar-refractivity contribution is -0.689. The first kappa shape index (κ1) is 35.7. The fourth-order valence-corrected chi connectivity index (χ4v) is 5.85. The van der Waals surface area contributed by atoms with Crippen molar-refractivity contribution in [3.05, 3.63) is 75.7 Å². The minimum Gasteiger partial charge on any atom is -1.00 e. The lowest BCUT2D eigenvalue weighted by Gasteiger charge is -2.13. The van der Waals surface area contributed by atoms with Crippen molar-refractivity contribution in [1.29, 1.82) is 0 Å². The predicted octanol–water partition coefficient (Wildman–Crippen LogP) is 5.86. The SMILES string of the molecule is CCCCCCCCCCCCCCOc1ccc(CC(=O)Nc2ccccc2C[n+]2cscc2C)cc1C(C)=O.[Br-]. The number of anilines is 1. The third-order valence-electron chi connectivity index (χ3n) is 7.56. The van der Waals surface area contributed by atoms with E-state index in [2.05, 4.69) is 34.6 Å². The highest BCUT2D eigenvalue weighted by Crippen LogP contribution is 2.23. The van der Waals surface area contributed by atoms with Crippen LogP contribution in [0.4, 0.5) is 5.69 Å². The monoisotopic (exact) mass is 656 g/mol. The highest BCUT2D eigenvalue weighted by molar-refractivity contribution is 7.07. The first-order valence-electron chi connectivity index (χ1n) is 15.5. The number of hydrogen-bond acceptors (Lipinski definition) is 4. The van der Waals surface area contributed by atoms with Gasteiger partial charge in [0.25, 0.3) is 0 Å². The number of hydrogen-bond donors (Lipinski definition) is 1. The van der Waals surface area contributed by atoms with E-state index in [4.69, 9.17) is 4.74 Å². The van der Waals surface area contributed by atoms with E-state index in [1.54, 1.807) is 24.3 Å². The Bertz CT molecular complexity index is 1230. The minimum atomic E-state index is -0.107. The molecule has 2 aromatic carbocycles. The van der Waals surface area contributed by atoms with Gasteiger partial charge in [-0.15, -0.1) is 0 Å². The Labute approximate surface area is 267 Å². The number of amides is 1. The lowest BCUT2D eigenvalue weighted by Crippen LogP contribution is -3.00. The zero-order valence-electron chi connectivity index (χ0n) is 25.8. The molecule has 1 N–H and O–H groups in total. The summed E-state index contributed by atoms with van der Waals surface area (Å²) < 4.78 is 8.17. The number of rotatable bonds is 20. The van der Waals surface area contributed by atoms with E-state index < -0.39 is 0 Å². The molecule has 3 aromatic rings. The maximum atomic E-state index is 12.9. The van der Waals surface area contributed by atoms with Crippen LogP contribution in [0.1, 0.15) is 118 Å². The molecule has 0 saturated heterocycles.